The topological polar surface area (TPSA) is 84.9 Å². The van der Waals surface area contributed by atoms with Crippen molar-refractivity contribution in [3.8, 4) is 0 Å². The molecular formula is C15H19NO5. The summed E-state index contributed by atoms with van der Waals surface area (Å²) in [5.74, 6) is -0.630. The SMILES string of the molecule is CC(=O)OCC1CCC(NC(=O)c2ccccc2)C(O)O1. The molecule has 3 atom stereocenters. The second kappa shape index (κ2) is 7.19. The molecule has 1 aromatic rings. The number of hydrogen-bond acceptors (Lipinski definition) is 5. The Morgan fingerprint density at radius 3 is 2.67 bits per heavy atom. The van der Waals surface area contributed by atoms with Crippen LogP contribution >= 0.6 is 0 Å². The maximum atomic E-state index is 12.0. The highest BCUT2D eigenvalue weighted by Crippen LogP contribution is 2.19. The maximum absolute atomic E-state index is 12.0. The van der Waals surface area contributed by atoms with Gasteiger partial charge < -0.3 is 19.9 Å². The molecule has 6 nitrogen and oxygen atoms in total. The third-order valence-corrected chi connectivity index (χ3v) is 3.30. The van der Waals surface area contributed by atoms with Crippen LogP contribution in [0.5, 0.6) is 0 Å². The zero-order valence-corrected chi connectivity index (χ0v) is 11.8. The van der Waals surface area contributed by atoms with Gasteiger partial charge in [0.2, 0.25) is 0 Å². The molecule has 1 amide bonds. The molecule has 1 fully saturated rings. The predicted molar refractivity (Wildman–Crippen MR) is 74.4 cm³/mol. The monoisotopic (exact) mass is 293 g/mol. The molecule has 3 unspecified atom stereocenters. The van der Waals surface area contributed by atoms with Gasteiger partial charge in [0.15, 0.2) is 6.29 Å². The average molecular weight is 293 g/mol. The largest absolute Gasteiger partial charge is 0.463 e. The zero-order valence-electron chi connectivity index (χ0n) is 11.8. The molecule has 2 N–H and O–H groups in total. The molecule has 1 aliphatic heterocycles. The number of esters is 1. The van der Waals surface area contributed by atoms with Crippen LogP contribution in [0.4, 0.5) is 0 Å². The lowest BCUT2D eigenvalue weighted by Crippen LogP contribution is -2.50. The first kappa shape index (κ1) is 15.5. The zero-order chi connectivity index (χ0) is 15.2. The number of benzene rings is 1. The summed E-state index contributed by atoms with van der Waals surface area (Å²) in [6.45, 7) is 1.44. The lowest BCUT2D eigenvalue weighted by atomic mass is 10.0. The van der Waals surface area contributed by atoms with Gasteiger partial charge in [-0.3, -0.25) is 9.59 Å². The molecule has 1 aromatic carbocycles. The fourth-order valence-corrected chi connectivity index (χ4v) is 2.19. The van der Waals surface area contributed by atoms with E-state index in [1.807, 2.05) is 6.07 Å². The van der Waals surface area contributed by atoms with Gasteiger partial charge in [-0.25, -0.2) is 0 Å². The first-order chi connectivity index (χ1) is 10.1. The average Bonchev–Trinajstić information content (AvgIpc) is 2.48. The number of nitrogens with one attached hydrogen (secondary N) is 1. The van der Waals surface area contributed by atoms with Gasteiger partial charge >= 0.3 is 5.97 Å². The number of amides is 1. The van der Waals surface area contributed by atoms with Crippen molar-refractivity contribution in [2.24, 2.45) is 0 Å². The Kier molecular flexibility index (Phi) is 5.30. The number of carbonyl (C=O) groups is 2. The molecule has 0 aliphatic carbocycles. The minimum absolute atomic E-state index is 0.117. The fraction of sp³-hybridized carbons (Fsp3) is 0.467. The van der Waals surface area contributed by atoms with Crippen molar-refractivity contribution >= 4 is 11.9 Å². The van der Waals surface area contributed by atoms with Gasteiger partial charge in [-0.1, -0.05) is 18.2 Å². The Labute approximate surface area is 123 Å². The summed E-state index contributed by atoms with van der Waals surface area (Å²) >= 11 is 0. The van der Waals surface area contributed by atoms with Gasteiger partial charge in [0, 0.05) is 12.5 Å². The molecule has 1 aliphatic rings. The molecule has 0 saturated carbocycles. The highest BCUT2D eigenvalue weighted by molar-refractivity contribution is 5.94. The molecule has 21 heavy (non-hydrogen) atoms. The van der Waals surface area contributed by atoms with Crippen LogP contribution in [-0.2, 0) is 14.3 Å². The number of aliphatic hydroxyl groups excluding tert-OH is 1. The van der Waals surface area contributed by atoms with E-state index in [2.05, 4.69) is 5.32 Å². The lowest BCUT2D eigenvalue weighted by molar-refractivity contribution is -0.192. The van der Waals surface area contributed by atoms with E-state index in [0.29, 0.717) is 18.4 Å². The quantitative estimate of drug-likeness (QED) is 0.804. The normalized spacial score (nSPS) is 25.1. The fourth-order valence-electron chi connectivity index (χ4n) is 2.19. The van der Waals surface area contributed by atoms with Crippen LogP contribution in [0.25, 0.3) is 0 Å². The molecule has 0 aromatic heterocycles. The van der Waals surface area contributed by atoms with E-state index in [1.54, 1.807) is 24.3 Å². The Balaban J connectivity index is 1.83. The highest BCUT2D eigenvalue weighted by atomic mass is 16.6. The van der Waals surface area contributed by atoms with E-state index < -0.39 is 12.3 Å². The van der Waals surface area contributed by atoms with Crippen molar-refractivity contribution in [1.29, 1.82) is 0 Å². The highest BCUT2D eigenvalue weighted by Gasteiger charge is 2.31. The number of aliphatic hydroxyl groups is 1. The van der Waals surface area contributed by atoms with Crippen molar-refractivity contribution in [3.05, 3.63) is 35.9 Å². The smallest absolute Gasteiger partial charge is 0.302 e. The van der Waals surface area contributed by atoms with Crippen LogP contribution in [0.3, 0.4) is 0 Å². The van der Waals surface area contributed by atoms with Crippen LogP contribution < -0.4 is 5.32 Å². The van der Waals surface area contributed by atoms with Crippen LogP contribution in [0.2, 0.25) is 0 Å². The second-order valence-corrected chi connectivity index (χ2v) is 4.97. The first-order valence-corrected chi connectivity index (χ1v) is 6.89. The summed E-state index contributed by atoms with van der Waals surface area (Å²) in [5, 5.41) is 12.7. The molecule has 0 radical (unpaired) electrons. The second-order valence-electron chi connectivity index (χ2n) is 4.97. The Morgan fingerprint density at radius 1 is 1.33 bits per heavy atom. The molecule has 0 spiro atoms. The number of hydrogen-bond donors (Lipinski definition) is 2. The molecule has 114 valence electrons. The molecule has 2 rings (SSSR count). The van der Waals surface area contributed by atoms with Gasteiger partial charge in [-0.05, 0) is 25.0 Å². The van der Waals surface area contributed by atoms with Crippen LogP contribution in [-0.4, -0.2) is 42.0 Å². The van der Waals surface area contributed by atoms with Crippen LogP contribution in [0.1, 0.15) is 30.1 Å². The van der Waals surface area contributed by atoms with Crippen LogP contribution in [0, 0.1) is 0 Å². The van der Waals surface area contributed by atoms with Gasteiger partial charge in [0.1, 0.15) is 6.61 Å². The van der Waals surface area contributed by atoms with E-state index in [-0.39, 0.29) is 24.6 Å². The standard InChI is InChI=1S/C15H19NO5/c1-10(17)20-9-12-7-8-13(15(19)21-12)16-14(18)11-5-3-2-4-6-11/h2-6,12-13,15,19H,7-9H2,1H3,(H,16,18). The summed E-state index contributed by atoms with van der Waals surface area (Å²) in [7, 11) is 0. The van der Waals surface area contributed by atoms with Crippen molar-refractivity contribution in [1.82, 2.24) is 5.32 Å². The molecule has 0 bridgehead atoms. The van der Waals surface area contributed by atoms with E-state index in [0.717, 1.165) is 0 Å². The van der Waals surface area contributed by atoms with E-state index in [1.165, 1.54) is 6.92 Å². The third-order valence-electron chi connectivity index (χ3n) is 3.30. The minimum atomic E-state index is -1.10. The summed E-state index contributed by atoms with van der Waals surface area (Å²) in [5.41, 5.74) is 0.534. The van der Waals surface area contributed by atoms with E-state index >= 15 is 0 Å². The van der Waals surface area contributed by atoms with Gasteiger partial charge in [-0.2, -0.15) is 0 Å². The summed E-state index contributed by atoms with van der Waals surface area (Å²) in [4.78, 5) is 22.7. The maximum Gasteiger partial charge on any atom is 0.302 e. The molecular weight excluding hydrogens is 274 g/mol. The summed E-state index contributed by atoms with van der Waals surface area (Å²) < 4.78 is 10.2. The number of ether oxygens (including phenoxy) is 2. The Bertz CT molecular complexity index is 490. The van der Waals surface area contributed by atoms with Gasteiger partial charge in [-0.15, -0.1) is 0 Å². The van der Waals surface area contributed by atoms with Gasteiger partial charge in [0.05, 0.1) is 12.1 Å². The van der Waals surface area contributed by atoms with Crippen molar-refractivity contribution in [2.45, 2.75) is 38.2 Å². The Hall–Kier alpha value is -1.92. The van der Waals surface area contributed by atoms with E-state index in [4.69, 9.17) is 9.47 Å². The predicted octanol–water partition coefficient (Wildman–Crippen LogP) is 0.845. The molecule has 6 heteroatoms. The molecule has 1 heterocycles. The summed E-state index contributed by atoms with van der Waals surface area (Å²) in [6.07, 6.45) is -0.281. The number of rotatable bonds is 4. The first-order valence-electron chi connectivity index (χ1n) is 6.89. The minimum Gasteiger partial charge on any atom is -0.463 e. The third kappa shape index (κ3) is 4.54. The van der Waals surface area contributed by atoms with Crippen molar-refractivity contribution in [2.75, 3.05) is 6.61 Å². The van der Waals surface area contributed by atoms with E-state index in [9.17, 15) is 14.7 Å². The van der Waals surface area contributed by atoms with Crippen LogP contribution in [0.15, 0.2) is 30.3 Å². The summed E-state index contributed by atoms with van der Waals surface area (Å²) in [6, 6.07) is 8.32. The lowest BCUT2D eigenvalue weighted by Gasteiger charge is -2.33. The van der Waals surface area contributed by atoms with Crippen molar-refractivity contribution < 1.29 is 24.2 Å². The Morgan fingerprint density at radius 2 is 2.05 bits per heavy atom. The number of carbonyl (C=O) groups excluding carboxylic acids is 2. The van der Waals surface area contributed by atoms with Crippen molar-refractivity contribution in [3.63, 3.8) is 0 Å². The molecule has 1 saturated heterocycles. The van der Waals surface area contributed by atoms with Gasteiger partial charge in [0.25, 0.3) is 5.91 Å².